The van der Waals surface area contributed by atoms with Gasteiger partial charge in [-0.25, -0.2) is 5.21 Å². The fourth-order valence-electron chi connectivity index (χ4n) is 3.25. The Morgan fingerprint density at radius 2 is 1.85 bits per heavy atom. The summed E-state index contributed by atoms with van der Waals surface area (Å²) in [6.07, 6.45) is 3.62. The van der Waals surface area contributed by atoms with E-state index in [0.717, 1.165) is 24.2 Å². The Balaban J connectivity index is 1.73. The van der Waals surface area contributed by atoms with E-state index in [1.807, 2.05) is 25.1 Å². The van der Waals surface area contributed by atoms with Crippen LogP contribution < -0.4 is 0 Å². The van der Waals surface area contributed by atoms with Crippen molar-refractivity contribution in [2.75, 3.05) is 13.1 Å². The molecule has 6 nitrogen and oxygen atoms in total. The van der Waals surface area contributed by atoms with E-state index >= 15 is 0 Å². The Labute approximate surface area is 152 Å². The van der Waals surface area contributed by atoms with Gasteiger partial charge in [-0.05, 0) is 51.0 Å². The molecule has 1 amide bonds. The van der Waals surface area contributed by atoms with E-state index in [9.17, 15) is 14.9 Å². The van der Waals surface area contributed by atoms with Crippen LogP contribution in [0.1, 0.15) is 40.2 Å². The second-order valence-electron chi connectivity index (χ2n) is 6.54. The highest BCUT2D eigenvalue weighted by molar-refractivity contribution is 5.98. The van der Waals surface area contributed by atoms with Crippen molar-refractivity contribution >= 4 is 17.7 Å². The number of aromatic nitrogens is 1. The molecule has 2 aromatic rings. The van der Waals surface area contributed by atoms with E-state index in [-0.39, 0.29) is 22.1 Å². The molecule has 134 valence electrons. The maximum Gasteiger partial charge on any atom is 0.332 e. The van der Waals surface area contributed by atoms with Gasteiger partial charge < -0.3 is 4.90 Å². The summed E-state index contributed by atoms with van der Waals surface area (Å²) in [6, 6.07) is 10.9. The summed E-state index contributed by atoms with van der Waals surface area (Å²) >= 11 is 0. The van der Waals surface area contributed by atoms with Crippen LogP contribution in [0.2, 0.25) is 0 Å². The van der Waals surface area contributed by atoms with Crippen LogP contribution in [0, 0.1) is 18.8 Å². The molecular formula is C20H22N3O3+. The van der Waals surface area contributed by atoms with E-state index < -0.39 is 0 Å². The highest BCUT2D eigenvalue weighted by atomic mass is 16.6. The van der Waals surface area contributed by atoms with Crippen LogP contribution in [0.4, 0.5) is 5.69 Å². The molecule has 1 aliphatic heterocycles. The minimum absolute atomic E-state index is 0.0165. The fourth-order valence-corrected chi connectivity index (χ4v) is 3.25. The number of nitrogens with zero attached hydrogens (tertiary/aromatic N) is 3. The molecule has 1 aromatic heterocycles. The summed E-state index contributed by atoms with van der Waals surface area (Å²) in [5.41, 5.74) is 3.98. The molecule has 26 heavy (non-hydrogen) atoms. The standard InChI is InChI=1S/C20H22N3O3/c1-14-5-3-8-18(19(14)23(25)26)20(24)22-11-9-16(10-12-22)13-17-7-4-6-15(2)21-17/h3-8,13H,9-12H2,1-2H3,(H,25,26)/q+1. The molecule has 1 N–H and O–H groups in total. The quantitative estimate of drug-likeness (QED) is 0.852. The minimum Gasteiger partial charge on any atom is -0.338 e. The van der Waals surface area contributed by atoms with Crippen LogP contribution in [0.15, 0.2) is 42.0 Å². The molecule has 0 atom stereocenters. The number of carbonyl (C=O) groups is 1. The average Bonchev–Trinajstić information content (AvgIpc) is 2.61. The zero-order valence-corrected chi connectivity index (χ0v) is 15.0. The molecule has 0 aliphatic carbocycles. The second kappa shape index (κ2) is 7.47. The highest BCUT2D eigenvalue weighted by Crippen LogP contribution is 2.26. The first-order chi connectivity index (χ1) is 12.5. The number of benzene rings is 1. The van der Waals surface area contributed by atoms with Crippen molar-refractivity contribution in [2.45, 2.75) is 26.7 Å². The van der Waals surface area contributed by atoms with Crippen molar-refractivity contribution in [3.8, 4) is 0 Å². The van der Waals surface area contributed by atoms with Crippen LogP contribution in [-0.2, 0) is 0 Å². The van der Waals surface area contributed by atoms with Crippen molar-refractivity contribution in [3.63, 3.8) is 0 Å². The lowest BCUT2D eigenvalue weighted by molar-refractivity contribution is -0.730. The number of likely N-dealkylation sites (tertiary alicyclic amines) is 1. The Kier molecular flexibility index (Phi) is 5.11. The molecule has 0 spiro atoms. The number of piperidine rings is 1. The van der Waals surface area contributed by atoms with Crippen LogP contribution in [0.3, 0.4) is 0 Å². The van der Waals surface area contributed by atoms with Gasteiger partial charge in [0.2, 0.25) is 0 Å². The van der Waals surface area contributed by atoms with Crippen molar-refractivity contribution in [1.29, 1.82) is 0 Å². The molecule has 2 heterocycles. The summed E-state index contributed by atoms with van der Waals surface area (Å²) in [7, 11) is 0. The van der Waals surface area contributed by atoms with E-state index in [4.69, 9.17) is 0 Å². The Bertz CT molecular complexity index is 880. The van der Waals surface area contributed by atoms with Crippen molar-refractivity contribution in [1.82, 2.24) is 9.88 Å². The average molecular weight is 352 g/mol. The van der Waals surface area contributed by atoms with Gasteiger partial charge in [0.05, 0.1) is 10.6 Å². The Morgan fingerprint density at radius 3 is 2.50 bits per heavy atom. The van der Waals surface area contributed by atoms with Crippen molar-refractivity contribution < 1.29 is 14.9 Å². The number of para-hydroxylation sites is 1. The number of amides is 1. The second-order valence-corrected chi connectivity index (χ2v) is 6.54. The molecular weight excluding hydrogens is 330 g/mol. The predicted octanol–water partition coefficient (Wildman–Crippen LogP) is 3.82. The number of aryl methyl sites for hydroxylation is 2. The normalized spacial score (nSPS) is 14.2. The number of pyridine rings is 1. The molecule has 1 aliphatic rings. The van der Waals surface area contributed by atoms with Gasteiger partial charge in [0.15, 0.2) is 0 Å². The summed E-state index contributed by atoms with van der Waals surface area (Å²) in [5.74, 6) is -0.230. The third kappa shape index (κ3) is 3.79. The van der Waals surface area contributed by atoms with Crippen LogP contribution in [0.5, 0.6) is 0 Å². The first kappa shape index (κ1) is 17.8. The van der Waals surface area contributed by atoms with E-state index in [0.29, 0.717) is 18.7 Å². The van der Waals surface area contributed by atoms with Gasteiger partial charge in [0.25, 0.3) is 10.8 Å². The van der Waals surface area contributed by atoms with Gasteiger partial charge in [-0.15, -0.1) is 0 Å². The number of hydrogen-bond acceptors (Lipinski definition) is 3. The summed E-state index contributed by atoms with van der Waals surface area (Å²) < 4.78 is 0. The van der Waals surface area contributed by atoms with Gasteiger partial charge in [-0.1, -0.05) is 23.8 Å². The highest BCUT2D eigenvalue weighted by Gasteiger charge is 2.30. The van der Waals surface area contributed by atoms with E-state index in [2.05, 4.69) is 11.1 Å². The summed E-state index contributed by atoms with van der Waals surface area (Å²) in [4.78, 5) is 30.2. The van der Waals surface area contributed by atoms with Gasteiger partial charge in [-0.2, -0.15) is 0 Å². The molecule has 0 bridgehead atoms. The lowest BCUT2D eigenvalue weighted by atomic mass is 10.0. The zero-order chi connectivity index (χ0) is 18.7. The molecule has 6 heteroatoms. The molecule has 3 rings (SSSR count). The van der Waals surface area contributed by atoms with E-state index in [1.165, 1.54) is 5.57 Å². The molecule has 0 unspecified atom stereocenters. The van der Waals surface area contributed by atoms with E-state index in [1.54, 1.807) is 30.0 Å². The van der Waals surface area contributed by atoms with Crippen LogP contribution >= 0.6 is 0 Å². The number of carbonyl (C=O) groups excluding carboxylic acids is 1. The first-order valence-corrected chi connectivity index (χ1v) is 8.64. The Morgan fingerprint density at radius 1 is 1.15 bits per heavy atom. The number of rotatable bonds is 3. The minimum atomic E-state index is -0.230. The monoisotopic (exact) mass is 352 g/mol. The van der Waals surface area contributed by atoms with Gasteiger partial charge >= 0.3 is 5.69 Å². The van der Waals surface area contributed by atoms with Gasteiger partial charge in [0.1, 0.15) is 5.56 Å². The molecule has 1 saturated heterocycles. The van der Waals surface area contributed by atoms with Crippen molar-refractivity contribution in [3.05, 3.63) is 69.4 Å². The van der Waals surface area contributed by atoms with Gasteiger partial charge in [-0.3, -0.25) is 9.78 Å². The van der Waals surface area contributed by atoms with Gasteiger partial charge in [0, 0.05) is 24.3 Å². The molecule has 1 fully saturated rings. The third-order valence-corrected chi connectivity index (χ3v) is 4.61. The Hall–Kier alpha value is -3.02. The predicted molar refractivity (Wildman–Crippen MR) is 98.3 cm³/mol. The van der Waals surface area contributed by atoms with Crippen LogP contribution in [0.25, 0.3) is 6.08 Å². The lowest BCUT2D eigenvalue weighted by Crippen LogP contribution is -2.36. The SMILES string of the molecule is Cc1cccc(C=C2CCN(C(=O)c3cccc(C)c3[N+](=O)O)CC2)n1. The lowest BCUT2D eigenvalue weighted by Gasteiger charge is -2.28. The third-order valence-electron chi connectivity index (χ3n) is 4.61. The first-order valence-electron chi connectivity index (χ1n) is 8.64. The maximum absolute atomic E-state index is 12.8. The summed E-state index contributed by atoms with van der Waals surface area (Å²) in [5, 5.41) is 9.35. The molecule has 0 saturated carbocycles. The molecule has 1 aromatic carbocycles. The maximum atomic E-state index is 12.8. The largest absolute Gasteiger partial charge is 0.338 e. The van der Waals surface area contributed by atoms with Crippen molar-refractivity contribution in [2.24, 2.45) is 0 Å². The summed E-state index contributed by atoms with van der Waals surface area (Å²) in [6.45, 7) is 4.81. The molecule has 0 radical (unpaired) electrons. The van der Waals surface area contributed by atoms with Crippen LogP contribution in [-0.4, -0.2) is 39.0 Å². The smallest absolute Gasteiger partial charge is 0.332 e. The zero-order valence-electron chi connectivity index (χ0n) is 15.0. The number of hydrogen-bond donors (Lipinski definition) is 1. The topological polar surface area (TPSA) is 73.5 Å². The fraction of sp³-hybridized carbons (Fsp3) is 0.300.